The first-order valence-corrected chi connectivity index (χ1v) is 9.27. The maximum absolute atomic E-state index is 4.39. The van der Waals surface area contributed by atoms with Crippen molar-refractivity contribution in [1.29, 1.82) is 0 Å². The van der Waals surface area contributed by atoms with Crippen LogP contribution in [-0.4, -0.2) is 27.1 Å². The molecule has 5 heteroatoms. The fraction of sp³-hybridized carbons (Fsp3) is 0.529. The van der Waals surface area contributed by atoms with Gasteiger partial charge in [-0.2, -0.15) is 11.8 Å². The maximum atomic E-state index is 4.39. The average molecular weight is 316 g/mol. The van der Waals surface area contributed by atoms with E-state index in [1.165, 1.54) is 18.4 Å². The van der Waals surface area contributed by atoms with Crippen molar-refractivity contribution >= 4 is 11.8 Å². The highest BCUT2D eigenvalue weighted by Gasteiger charge is 2.19. The van der Waals surface area contributed by atoms with E-state index in [9.17, 15) is 0 Å². The Bertz CT molecular complexity index is 582. The Morgan fingerprint density at radius 1 is 1.23 bits per heavy atom. The highest BCUT2D eigenvalue weighted by Crippen LogP contribution is 2.18. The summed E-state index contributed by atoms with van der Waals surface area (Å²) in [6, 6.07) is 10.9. The standard InChI is InChI=1S/C17H24N4S/c1-14(17-20-19-16-9-5-6-11-21(16)17)18-10-12-22-13-15-7-3-2-4-8-15/h2-4,7-8,14,18H,5-6,9-13H2,1H3/t14-/m0/s1. The van der Waals surface area contributed by atoms with Crippen molar-refractivity contribution in [3.8, 4) is 0 Å². The molecule has 2 aromatic rings. The third kappa shape index (κ3) is 3.90. The molecule has 2 heterocycles. The number of thioether (sulfide) groups is 1. The van der Waals surface area contributed by atoms with Gasteiger partial charge < -0.3 is 9.88 Å². The van der Waals surface area contributed by atoms with Crippen LogP contribution >= 0.6 is 11.8 Å². The summed E-state index contributed by atoms with van der Waals surface area (Å²) in [7, 11) is 0. The lowest BCUT2D eigenvalue weighted by Gasteiger charge is -2.18. The summed E-state index contributed by atoms with van der Waals surface area (Å²) in [4.78, 5) is 0. The van der Waals surface area contributed by atoms with E-state index in [4.69, 9.17) is 0 Å². The number of nitrogens with zero attached hydrogens (tertiary/aromatic N) is 3. The summed E-state index contributed by atoms with van der Waals surface area (Å²) in [6.07, 6.45) is 3.57. The summed E-state index contributed by atoms with van der Waals surface area (Å²) in [5.41, 5.74) is 1.40. The SMILES string of the molecule is C[C@H](NCCSCc1ccccc1)c1nnc2n1CCCC2. The van der Waals surface area contributed by atoms with Gasteiger partial charge in [0.15, 0.2) is 0 Å². The first-order valence-electron chi connectivity index (χ1n) is 8.11. The van der Waals surface area contributed by atoms with Crippen LogP contribution in [0.15, 0.2) is 30.3 Å². The van der Waals surface area contributed by atoms with Crippen LogP contribution in [-0.2, 0) is 18.7 Å². The van der Waals surface area contributed by atoms with E-state index in [0.717, 1.165) is 42.7 Å². The quantitative estimate of drug-likeness (QED) is 0.797. The molecule has 1 aliphatic rings. The normalized spacial score (nSPS) is 15.5. The Hall–Kier alpha value is -1.33. The minimum Gasteiger partial charge on any atom is -0.314 e. The second-order valence-corrected chi connectivity index (χ2v) is 6.90. The number of benzene rings is 1. The number of rotatable bonds is 7. The van der Waals surface area contributed by atoms with E-state index in [-0.39, 0.29) is 6.04 Å². The number of aryl methyl sites for hydroxylation is 1. The van der Waals surface area contributed by atoms with Gasteiger partial charge in [0.25, 0.3) is 0 Å². The van der Waals surface area contributed by atoms with Crippen molar-refractivity contribution in [2.24, 2.45) is 0 Å². The van der Waals surface area contributed by atoms with Gasteiger partial charge in [0.05, 0.1) is 6.04 Å². The Balaban J connectivity index is 1.41. The number of hydrogen-bond acceptors (Lipinski definition) is 4. The van der Waals surface area contributed by atoms with Gasteiger partial charge in [-0.15, -0.1) is 10.2 Å². The fourth-order valence-electron chi connectivity index (χ4n) is 2.85. The Kier molecular flexibility index (Phi) is 5.51. The summed E-state index contributed by atoms with van der Waals surface area (Å²) >= 11 is 1.97. The Morgan fingerprint density at radius 3 is 2.95 bits per heavy atom. The summed E-state index contributed by atoms with van der Waals surface area (Å²) in [5.74, 6) is 4.45. The molecular weight excluding hydrogens is 292 g/mol. The van der Waals surface area contributed by atoms with Gasteiger partial charge in [-0.3, -0.25) is 0 Å². The molecule has 1 atom stereocenters. The van der Waals surface area contributed by atoms with E-state index < -0.39 is 0 Å². The van der Waals surface area contributed by atoms with Gasteiger partial charge >= 0.3 is 0 Å². The van der Waals surface area contributed by atoms with E-state index in [1.54, 1.807) is 0 Å². The number of nitrogens with one attached hydrogen (secondary N) is 1. The smallest absolute Gasteiger partial charge is 0.149 e. The predicted octanol–water partition coefficient (Wildman–Crippen LogP) is 3.20. The molecule has 0 amide bonds. The van der Waals surface area contributed by atoms with E-state index >= 15 is 0 Å². The van der Waals surface area contributed by atoms with Crippen LogP contribution in [0.5, 0.6) is 0 Å². The molecule has 0 saturated heterocycles. The molecule has 1 N–H and O–H groups in total. The van der Waals surface area contributed by atoms with Gasteiger partial charge in [0, 0.05) is 31.0 Å². The summed E-state index contributed by atoms with van der Waals surface area (Å²) < 4.78 is 2.30. The van der Waals surface area contributed by atoms with Gasteiger partial charge in [0.2, 0.25) is 0 Å². The molecule has 1 aliphatic heterocycles. The molecule has 4 nitrogen and oxygen atoms in total. The monoisotopic (exact) mass is 316 g/mol. The molecule has 0 saturated carbocycles. The third-order valence-corrected chi connectivity index (χ3v) is 5.11. The van der Waals surface area contributed by atoms with Gasteiger partial charge in [-0.25, -0.2) is 0 Å². The van der Waals surface area contributed by atoms with Crippen LogP contribution in [0, 0.1) is 0 Å². The fourth-order valence-corrected chi connectivity index (χ4v) is 3.69. The van der Waals surface area contributed by atoms with Crippen LogP contribution in [0.2, 0.25) is 0 Å². The molecule has 22 heavy (non-hydrogen) atoms. The summed E-state index contributed by atoms with van der Waals surface area (Å²) in [5, 5.41) is 12.3. The van der Waals surface area contributed by atoms with E-state index in [1.807, 2.05) is 11.8 Å². The molecule has 3 rings (SSSR count). The second kappa shape index (κ2) is 7.79. The minimum atomic E-state index is 0.275. The van der Waals surface area contributed by atoms with Crippen LogP contribution in [0.25, 0.3) is 0 Å². The molecule has 118 valence electrons. The molecular formula is C17H24N4S. The van der Waals surface area contributed by atoms with E-state index in [0.29, 0.717) is 0 Å². The molecule has 0 unspecified atom stereocenters. The molecule has 0 radical (unpaired) electrons. The molecule has 0 aliphatic carbocycles. The Labute approximate surface area is 136 Å². The minimum absolute atomic E-state index is 0.275. The van der Waals surface area contributed by atoms with Crippen molar-refractivity contribution in [2.45, 2.75) is 44.5 Å². The van der Waals surface area contributed by atoms with Crippen molar-refractivity contribution in [3.05, 3.63) is 47.5 Å². The topological polar surface area (TPSA) is 42.7 Å². The zero-order chi connectivity index (χ0) is 15.2. The zero-order valence-corrected chi connectivity index (χ0v) is 14.0. The van der Waals surface area contributed by atoms with Crippen LogP contribution in [0.4, 0.5) is 0 Å². The number of hydrogen-bond donors (Lipinski definition) is 1. The zero-order valence-electron chi connectivity index (χ0n) is 13.2. The first-order chi connectivity index (χ1) is 10.8. The average Bonchev–Trinajstić information content (AvgIpc) is 2.99. The van der Waals surface area contributed by atoms with Crippen molar-refractivity contribution in [2.75, 3.05) is 12.3 Å². The highest BCUT2D eigenvalue weighted by molar-refractivity contribution is 7.98. The lowest BCUT2D eigenvalue weighted by Crippen LogP contribution is -2.25. The lowest BCUT2D eigenvalue weighted by molar-refractivity contribution is 0.472. The second-order valence-electron chi connectivity index (χ2n) is 5.80. The predicted molar refractivity (Wildman–Crippen MR) is 92.0 cm³/mol. The Morgan fingerprint density at radius 2 is 2.09 bits per heavy atom. The van der Waals surface area contributed by atoms with Crippen molar-refractivity contribution in [1.82, 2.24) is 20.1 Å². The number of fused-ring (bicyclic) bond motifs is 1. The molecule has 0 bridgehead atoms. The van der Waals surface area contributed by atoms with Gasteiger partial charge in [0.1, 0.15) is 11.6 Å². The van der Waals surface area contributed by atoms with Crippen molar-refractivity contribution < 1.29 is 0 Å². The molecule has 1 aromatic carbocycles. The van der Waals surface area contributed by atoms with Crippen LogP contribution < -0.4 is 5.32 Å². The van der Waals surface area contributed by atoms with Gasteiger partial charge in [-0.1, -0.05) is 30.3 Å². The van der Waals surface area contributed by atoms with E-state index in [2.05, 4.69) is 57.3 Å². The number of aromatic nitrogens is 3. The molecule has 1 aromatic heterocycles. The lowest BCUT2D eigenvalue weighted by atomic mass is 10.1. The molecule has 0 fully saturated rings. The first kappa shape index (κ1) is 15.6. The molecule has 0 spiro atoms. The summed E-state index contributed by atoms with van der Waals surface area (Å²) in [6.45, 7) is 4.26. The largest absolute Gasteiger partial charge is 0.314 e. The highest BCUT2D eigenvalue weighted by atomic mass is 32.2. The van der Waals surface area contributed by atoms with Crippen LogP contribution in [0.1, 0.15) is 43.0 Å². The third-order valence-electron chi connectivity index (χ3n) is 4.08. The van der Waals surface area contributed by atoms with Crippen molar-refractivity contribution in [3.63, 3.8) is 0 Å². The van der Waals surface area contributed by atoms with Gasteiger partial charge in [-0.05, 0) is 25.3 Å². The van der Waals surface area contributed by atoms with Crippen LogP contribution in [0.3, 0.4) is 0 Å². The maximum Gasteiger partial charge on any atom is 0.149 e.